The van der Waals surface area contributed by atoms with Gasteiger partial charge >= 0.3 is 0 Å². The molecule has 4 heteroatoms. The summed E-state index contributed by atoms with van der Waals surface area (Å²) < 4.78 is 0. The summed E-state index contributed by atoms with van der Waals surface area (Å²) in [6.45, 7) is 5.89. The normalized spacial score (nSPS) is 24.0. The Morgan fingerprint density at radius 2 is 1.94 bits per heavy atom. The Hall–Kier alpha value is -1.42. The fourth-order valence-electron chi connectivity index (χ4n) is 2.49. The van der Waals surface area contributed by atoms with E-state index in [9.17, 15) is 4.79 Å². The average molecular weight is 247 g/mol. The lowest BCUT2D eigenvalue weighted by Crippen LogP contribution is -2.55. The van der Waals surface area contributed by atoms with Crippen LogP contribution in [-0.4, -0.2) is 41.0 Å². The van der Waals surface area contributed by atoms with Crippen LogP contribution >= 0.6 is 0 Å². The van der Waals surface area contributed by atoms with Crippen molar-refractivity contribution >= 4 is 5.91 Å². The predicted molar refractivity (Wildman–Crippen MR) is 71.2 cm³/mol. The van der Waals surface area contributed by atoms with Crippen molar-refractivity contribution in [1.82, 2.24) is 15.2 Å². The molecule has 0 aliphatic carbocycles. The summed E-state index contributed by atoms with van der Waals surface area (Å²) >= 11 is 0. The molecular formula is C14H21N3O. The van der Waals surface area contributed by atoms with Gasteiger partial charge in [0.25, 0.3) is 0 Å². The topological polar surface area (TPSA) is 45.2 Å². The zero-order valence-electron chi connectivity index (χ0n) is 11.1. The molecule has 0 aromatic carbocycles. The lowest BCUT2D eigenvalue weighted by molar-refractivity contribution is -0.132. The Labute approximate surface area is 108 Å². The fourth-order valence-corrected chi connectivity index (χ4v) is 2.49. The number of amides is 1. The number of pyridine rings is 1. The Morgan fingerprint density at radius 1 is 1.33 bits per heavy atom. The molecule has 1 N–H and O–H groups in total. The molecule has 2 unspecified atom stereocenters. The summed E-state index contributed by atoms with van der Waals surface area (Å²) in [5, 5.41) is 3.44. The number of nitrogens with zero attached hydrogens (tertiary/aromatic N) is 2. The highest BCUT2D eigenvalue weighted by Gasteiger charge is 2.24. The van der Waals surface area contributed by atoms with E-state index < -0.39 is 0 Å². The molecule has 1 aromatic rings. The molecule has 18 heavy (non-hydrogen) atoms. The number of carbonyl (C=O) groups is 1. The van der Waals surface area contributed by atoms with Crippen molar-refractivity contribution in [3.05, 3.63) is 30.1 Å². The van der Waals surface area contributed by atoms with Gasteiger partial charge in [-0.05, 0) is 38.0 Å². The third kappa shape index (κ3) is 3.53. The van der Waals surface area contributed by atoms with Gasteiger partial charge in [-0.3, -0.25) is 9.78 Å². The Kier molecular flexibility index (Phi) is 4.31. The van der Waals surface area contributed by atoms with Gasteiger partial charge in [-0.2, -0.15) is 0 Å². The number of aromatic nitrogens is 1. The molecule has 1 aliphatic heterocycles. The van der Waals surface area contributed by atoms with Crippen LogP contribution in [0.3, 0.4) is 0 Å². The first-order valence-corrected chi connectivity index (χ1v) is 6.58. The van der Waals surface area contributed by atoms with Gasteiger partial charge in [0.15, 0.2) is 0 Å². The molecule has 2 heterocycles. The van der Waals surface area contributed by atoms with E-state index in [1.54, 1.807) is 12.4 Å². The molecule has 1 aliphatic rings. The maximum Gasteiger partial charge on any atom is 0.223 e. The van der Waals surface area contributed by atoms with Crippen LogP contribution in [0.4, 0.5) is 0 Å². The second kappa shape index (κ2) is 5.96. The maximum atomic E-state index is 12.1. The maximum absolute atomic E-state index is 12.1. The van der Waals surface area contributed by atoms with Gasteiger partial charge in [0.1, 0.15) is 0 Å². The van der Waals surface area contributed by atoms with Crippen molar-refractivity contribution in [2.45, 2.75) is 38.8 Å². The Bertz CT molecular complexity index is 383. The second-order valence-electron chi connectivity index (χ2n) is 5.12. The molecule has 0 saturated carbocycles. The summed E-state index contributed by atoms with van der Waals surface area (Å²) in [5.74, 6) is 0.256. The lowest BCUT2D eigenvalue weighted by Gasteiger charge is -2.36. The van der Waals surface area contributed by atoms with Crippen molar-refractivity contribution in [1.29, 1.82) is 0 Å². The van der Waals surface area contributed by atoms with Crippen molar-refractivity contribution < 1.29 is 4.79 Å². The summed E-state index contributed by atoms with van der Waals surface area (Å²) in [4.78, 5) is 18.1. The van der Waals surface area contributed by atoms with Gasteiger partial charge in [0, 0.05) is 44.0 Å². The second-order valence-corrected chi connectivity index (χ2v) is 5.12. The van der Waals surface area contributed by atoms with E-state index in [0.717, 1.165) is 19.5 Å². The highest BCUT2D eigenvalue weighted by atomic mass is 16.2. The number of nitrogens with one attached hydrogen (secondary N) is 1. The zero-order chi connectivity index (χ0) is 13.0. The molecule has 4 nitrogen and oxygen atoms in total. The van der Waals surface area contributed by atoms with Crippen LogP contribution in [-0.2, 0) is 11.2 Å². The third-order valence-corrected chi connectivity index (χ3v) is 3.29. The van der Waals surface area contributed by atoms with Crippen LogP contribution in [0, 0.1) is 0 Å². The van der Waals surface area contributed by atoms with E-state index >= 15 is 0 Å². The number of hydrogen-bond acceptors (Lipinski definition) is 3. The molecule has 0 bridgehead atoms. The standard InChI is InChI=1S/C14H21N3O/c1-11-9-17(10-12(2)16-11)14(18)4-3-13-5-7-15-8-6-13/h5-8,11-12,16H,3-4,9-10H2,1-2H3. The van der Waals surface area contributed by atoms with Crippen LogP contribution in [0.15, 0.2) is 24.5 Å². The minimum absolute atomic E-state index is 0.256. The molecule has 1 amide bonds. The van der Waals surface area contributed by atoms with Gasteiger partial charge in [-0.1, -0.05) is 0 Å². The van der Waals surface area contributed by atoms with Crippen LogP contribution in [0.5, 0.6) is 0 Å². The van der Waals surface area contributed by atoms with E-state index in [0.29, 0.717) is 18.5 Å². The lowest BCUT2D eigenvalue weighted by atomic mass is 10.1. The largest absolute Gasteiger partial charge is 0.340 e. The molecule has 98 valence electrons. The predicted octanol–water partition coefficient (Wildman–Crippen LogP) is 1.22. The number of hydrogen-bond donors (Lipinski definition) is 1. The van der Waals surface area contributed by atoms with Crippen molar-refractivity contribution in [2.75, 3.05) is 13.1 Å². The first kappa shape index (κ1) is 13.0. The van der Waals surface area contributed by atoms with Crippen LogP contribution < -0.4 is 5.32 Å². The molecule has 1 saturated heterocycles. The van der Waals surface area contributed by atoms with Crippen LogP contribution in [0.25, 0.3) is 0 Å². The molecule has 0 radical (unpaired) electrons. The van der Waals surface area contributed by atoms with Gasteiger partial charge < -0.3 is 10.2 Å². The van der Waals surface area contributed by atoms with E-state index in [-0.39, 0.29) is 5.91 Å². The summed E-state index contributed by atoms with van der Waals surface area (Å²) in [7, 11) is 0. The number of piperazine rings is 1. The monoisotopic (exact) mass is 247 g/mol. The Morgan fingerprint density at radius 3 is 2.56 bits per heavy atom. The minimum atomic E-state index is 0.256. The fraction of sp³-hybridized carbons (Fsp3) is 0.571. The smallest absolute Gasteiger partial charge is 0.223 e. The molecular weight excluding hydrogens is 226 g/mol. The first-order valence-electron chi connectivity index (χ1n) is 6.58. The summed E-state index contributed by atoms with van der Waals surface area (Å²) in [5.41, 5.74) is 1.18. The number of carbonyl (C=O) groups excluding carboxylic acids is 1. The van der Waals surface area contributed by atoms with E-state index in [1.807, 2.05) is 17.0 Å². The zero-order valence-corrected chi connectivity index (χ0v) is 11.1. The summed E-state index contributed by atoms with van der Waals surface area (Å²) in [6.07, 6.45) is 4.93. The van der Waals surface area contributed by atoms with Crippen LogP contribution in [0.1, 0.15) is 25.8 Å². The Balaban J connectivity index is 1.84. The van der Waals surface area contributed by atoms with Gasteiger partial charge in [-0.25, -0.2) is 0 Å². The first-order chi connectivity index (χ1) is 8.65. The SMILES string of the molecule is CC1CN(C(=O)CCc2ccncc2)CC(C)N1. The van der Waals surface area contributed by atoms with Crippen molar-refractivity contribution in [3.8, 4) is 0 Å². The van der Waals surface area contributed by atoms with Crippen molar-refractivity contribution in [2.24, 2.45) is 0 Å². The van der Waals surface area contributed by atoms with Crippen molar-refractivity contribution in [3.63, 3.8) is 0 Å². The molecule has 2 rings (SSSR count). The van der Waals surface area contributed by atoms with Gasteiger partial charge in [-0.15, -0.1) is 0 Å². The highest BCUT2D eigenvalue weighted by molar-refractivity contribution is 5.76. The van der Waals surface area contributed by atoms with E-state index in [4.69, 9.17) is 0 Å². The van der Waals surface area contributed by atoms with E-state index in [1.165, 1.54) is 5.56 Å². The van der Waals surface area contributed by atoms with Gasteiger partial charge in [0.05, 0.1) is 0 Å². The molecule has 1 aromatic heterocycles. The molecule has 2 atom stereocenters. The minimum Gasteiger partial charge on any atom is -0.340 e. The summed E-state index contributed by atoms with van der Waals surface area (Å²) in [6, 6.07) is 4.71. The molecule has 0 spiro atoms. The van der Waals surface area contributed by atoms with Gasteiger partial charge in [0.2, 0.25) is 5.91 Å². The average Bonchev–Trinajstić information content (AvgIpc) is 2.36. The number of rotatable bonds is 3. The highest BCUT2D eigenvalue weighted by Crippen LogP contribution is 2.08. The van der Waals surface area contributed by atoms with E-state index in [2.05, 4.69) is 24.1 Å². The number of aryl methyl sites for hydroxylation is 1. The van der Waals surface area contributed by atoms with Crippen LogP contribution in [0.2, 0.25) is 0 Å². The molecule has 1 fully saturated rings. The third-order valence-electron chi connectivity index (χ3n) is 3.29. The quantitative estimate of drug-likeness (QED) is 0.873.